The van der Waals surface area contributed by atoms with E-state index in [1.54, 1.807) is 12.1 Å². The summed E-state index contributed by atoms with van der Waals surface area (Å²) in [6.45, 7) is 2.29. The van der Waals surface area contributed by atoms with Gasteiger partial charge < -0.3 is 10.1 Å². The number of benzene rings is 1. The lowest BCUT2D eigenvalue weighted by molar-refractivity contribution is 0.312. The Morgan fingerprint density at radius 1 is 1.22 bits per heavy atom. The zero-order chi connectivity index (χ0) is 13.0. The number of nitrogens with one attached hydrogen (secondary N) is 1. The van der Waals surface area contributed by atoms with Crippen LogP contribution in [-0.4, -0.2) is 21.6 Å². The van der Waals surface area contributed by atoms with Gasteiger partial charge in [-0.2, -0.15) is 15.0 Å². The molecule has 2 aromatic rings. The molecular weight excluding hydrogens is 275 g/mol. The van der Waals surface area contributed by atoms with E-state index in [0.29, 0.717) is 17.6 Å². The molecule has 1 heterocycles. The summed E-state index contributed by atoms with van der Waals surface area (Å²) >= 11 is 11.7. The fraction of sp³-hybridized carbons (Fsp3) is 0.182. The predicted molar refractivity (Wildman–Crippen MR) is 70.7 cm³/mol. The van der Waals surface area contributed by atoms with Crippen LogP contribution in [0.2, 0.25) is 10.3 Å². The fourth-order valence-electron chi connectivity index (χ4n) is 1.28. The van der Waals surface area contributed by atoms with E-state index in [4.69, 9.17) is 27.9 Å². The molecule has 0 bridgehead atoms. The molecule has 0 atom stereocenters. The average molecular weight is 285 g/mol. The van der Waals surface area contributed by atoms with Gasteiger partial charge in [0.05, 0.1) is 6.61 Å². The van der Waals surface area contributed by atoms with Crippen molar-refractivity contribution in [1.82, 2.24) is 15.0 Å². The Bertz CT molecular complexity index is 550. The molecule has 5 nitrogen and oxygen atoms in total. The third-order valence-corrected chi connectivity index (χ3v) is 2.35. The zero-order valence-corrected chi connectivity index (χ0v) is 11.0. The monoisotopic (exact) mass is 284 g/mol. The van der Waals surface area contributed by atoms with E-state index in [1.165, 1.54) is 0 Å². The van der Waals surface area contributed by atoms with Crippen LogP contribution >= 0.6 is 23.2 Å². The van der Waals surface area contributed by atoms with E-state index in [1.807, 2.05) is 19.1 Å². The molecule has 0 fully saturated rings. The van der Waals surface area contributed by atoms with Crippen LogP contribution in [0.3, 0.4) is 0 Å². The molecular formula is C11H10Cl2N4O. The van der Waals surface area contributed by atoms with Crippen molar-refractivity contribution in [3.05, 3.63) is 34.6 Å². The molecule has 0 saturated heterocycles. The molecule has 1 aromatic heterocycles. The van der Waals surface area contributed by atoms with Crippen LogP contribution in [0.4, 0.5) is 11.6 Å². The lowest BCUT2D eigenvalue weighted by Crippen LogP contribution is -2.03. The minimum atomic E-state index is 0.0676. The molecule has 94 valence electrons. The topological polar surface area (TPSA) is 59.9 Å². The summed E-state index contributed by atoms with van der Waals surface area (Å²) in [6.07, 6.45) is 0. The maximum absolute atomic E-state index is 5.88. The SMILES string of the molecule is CCOc1nc(Cl)nc(Nc2cccc(Cl)c2)n1. The van der Waals surface area contributed by atoms with Crippen molar-refractivity contribution in [3.63, 3.8) is 0 Å². The predicted octanol–water partition coefficient (Wildman–Crippen LogP) is 3.32. The highest BCUT2D eigenvalue weighted by Gasteiger charge is 2.06. The lowest BCUT2D eigenvalue weighted by Gasteiger charge is -2.06. The maximum Gasteiger partial charge on any atom is 0.322 e. The molecule has 18 heavy (non-hydrogen) atoms. The molecule has 0 aliphatic rings. The van der Waals surface area contributed by atoms with Gasteiger partial charge in [-0.3, -0.25) is 0 Å². The summed E-state index contributed by atoms with van der Waals surface area (Å²) < 4.78 is 5.18. The summed E-state index contributed by atoms with van der Waals surface area (Å²) in [6, 6.07) is 7.36. The van der Waals surface area contributed by atoms with Crippen molar-refractivity contribution in [1.29, 1.82) is 0 Å². The maximum atomic E-state index is 5.88. The highest BCUT2D eigenvalue weighted by molar-refractivity contribution is 6.30. The van der Waals surface area contributed by atoms with Crippen LogP contribution in [0.5, 0.6) is 6.01 Å². The van der Waals surface area contributed by atoms with Gasteiger partial charge in [-0.1, -0.05) is 17.7 Å². The average Bonchev–Trinajstić information content (AvgIpc) is 2.28. The zero-order valence-electron chi connectivity index (χ0n) is 9.52. The minimum absolute atomic E-state index is 0.0676. The van der Waals surface area contributed by atoms with Gasteiger partial charge in [0.2, 0.25) is 11.2 Å². The number of aromatic nitrogens is 3. The van der Waals surface area contributed by atoms with E-state index in [2.05, 4.69) is 20.3 Å². The third-order valence-electron chi connectivity index (χ3n) is 1.94. The number of anilines is 2. The normalized spacial score (nSPS) is 10.2. The summed E-state index contributed by atoms with van der Waals surface area (Å²) in [5.74, 6) is 0.306. The molecule has 0 amide bonds. The molecule has 0 aliphatic carbocycles. The second-order valence-electron chi connectivity index (χ2n) is 3.28. The molecule has 1 N–H and O–H groups in total. The van der Waals surface area contributed by atoms with Crippen molar-refractivity contribution in [2.45, 2.75) is 6.92 Å². The van der Waals surface area contributed by atoms with E-state index in [9.17, 15) is 0 Å². The van der Waals surface area contributed by atoms with Crippen LogP contribution in [0.1, 0.15) is 6.92 Å². The summed E-state index contributed by atoms with van der Waals surface area (Å²) in [4.78, 5) is 11.9. The Labute approximate surface area is 114 Å². The van der Waals surface area contributed by atoms with Crippen LogP contribution in [0.15, 0.2) is 24.3 Å². The van der Waals surface area contributed by atoms with Gasteiger partial charge in [-0.05, 0) is 36.7 Å². The highest BCUT2D eigenvalue weighted by atomic mass is 35.5. The van der Waals surface area contributed by atoms with Gasteiger partial charge in [-0.25, -0.2) is 0 Å². The van der Waals surface area contributed by atoms with Crippen molar-refractivity contribution in [2.24, 2.45) is 0 Å². The van der Waals surface area contributed by atoms with Crippen LogP contribution in [0, 0.1) is 0 Å². The van der Waals surface area contributed by atoms with E-state index in [-0.39, 0.29) is 11.3 Å². The number of ether oxygens (including phenoxy) is 1. The summed E-state index contributed by atoms with van der Waals surface area (Å²) in [5, 5.41) is 3.66. The standard InChI is InChI=1S/C11H10Cl2N4O/c1-2-18-11-16-9(13)15-10(17-11)14-8-5-3-4-7(12)6-8/h3-6H,2H2,1H3,(H,14,15,16,17). The number of hydrogen-bond acceptors (Lipinski definition) is 5. The molecule has 1 aromatic carbocycles. The van der Waals surface area contributed by atoms with Crippen LogP contribution in [-0.2, 0) is 0 Å². The number of rotatable bonds is 4. The van der Waals surface area contributed by atoms with Gasteiger partial charge in [0.15, 0.2) is 0 Å². The Balaban J connectivity index is 2.23. The van der Waals surface area contributed by atoms with Crippen LogP contribution < -0.4 is 10.1 Å². The summed E-state index contributed by atoms with van der Waals surface area (Å²) in [7, 11) is 0. The Hall–Kier alpha value is -1.59. The first-order valence-corrected chi connectivity index (χ1v) is 6.00. The molecule has 0 saturated carbocycles. The Morgan fingerprint density at radius 2 is 2.06 bits per heavy atom. The van der Waals surface area contributed by atoms with Gasteiger partial charge >= 0.3 is 6.01 Å². The van der Waals surface area contributed by atoms with Crippen molar-refractivity contribution in [2.75, 3.05) is 11.9 Å². The van der Waals surface area contributed by atoms with Gasteiger partial charge in [0, 0.05) is 10.7 Å². The second-order valence-corrected chi connectivity index (χ2v) is 4.05. The number of hydrogen-bond donors (Lipinski definition) is 1. The van der Waals surface area contributed by atoms with E-state index in [0.717, 1.165) is 5.69 Å². The molecule has 0 aliphatic heterocycles. The smallest absolute Gasteiger partial charge is 0.322 e. The molecule has 0 radical (unpaired) electrons. The molecule has 0 spiro atoms. The van der Waals surface area contributed by atoms with E-state index < -0.39 is 0 Å². The second kappa shape index (κ2) is 5.84. The van der Waals surface area contributed by atoms with E-state index >= 15 is 0 Å². The summed E-state index contributed by atoms with van der Waals surface area (Å²) in [5.41, 5.74) is 0.757. The Kier molecular flexibility index (Phi) is 4.17. The molecule has 2 rings (SSSR count). The first-order valence-electron chi connectivity index (χ1n) is 5.24. The molecule has 0 unspecified atom stereocenters. The van der Waals surface area contributed by atoms with Crippen molar-refractivity contribution >= 4 is 34.8 Å². The minimum Gasteiger partial charge on any atom is -0.464 e. The van der Waals surface area contributed by atoms with Gasteiger partial charge in [0.25, 0.3) is 0 Å². The Morgan fingerprint density at radius 3 is 2.78 bits per heavy atom. The highest BCUT2D eigenvalue weighted by Crippen LogP contribution is 2.19. The first kappa shape index (κ1) is 12.9. The lowest BCUT2D eigenvalue weighted by atomic mass is 10.3. The van der Waals surface area contributed by atoms with Crippen molar-refractivity contribution < 1.29 is 4.74 Å². The van der Waals surface area contributed by atoms with Gasteiger partial charge in [0.1, 0.15) is 0 Å². The van der Waals surface area contributed by atoms with Crippen LogP contribution in [0.25, 0.3) is 0 Å². The largest absolute Gasteiger partial charge is 0.464 e. The van der Waals surface area contributed by atoms with Crippen molar-refractivity contribution in [3.8, 4) is 6.01 Å². The van der Waals surface area contributed by atoms with Gasteiger partial charge in [-0.15, -0.1) is 0 Å². The third kappa shape index (κ3) is 3.45. The fourth-order valence-corrected chi connectivity index (χ4v) is 1.62. The number of nitrogens with zero attached hydrogens (tertiary/aromatic N) is 3. The quantitative estimate of drug-likeness (QED) is 0.933. The molecule has 7 heteroatoms. The first-order chi connectivity index (χ1) is 8.67. The number of halogens is 2.